The third kappa shape index (κ3) is 0.957. The van der Waals surface area contributed by atoms with E-state index in [9.17, 15) is 0 Å². The van der Waals surface area contributed by atoms with Gasteiger partial charge in [-0.15, -0.1) is 0 Å². The third-order valence-electron chi connectivity index (χ3n) is 3.57. The van der Waals surface area contributed by atoms with Gasteiger partial charge in [0.15, 0.2) is 0 Å². The van der Waals surface area contributed by atoms with Crippen LogP contribution in [0.3, 0.4) is 0 Å². The van der Waals surface area contributed by atoms with Gasteiger partial charge in [0, 0.05) is 4.90 Å². The number of fused-ring (bicyclic) bond motifs is 1. The summed E-state index contributed by atoms with van der Waals surface area (Å²) in [7, 11) is 0. The molecule has 3 aliphatic rings. The zero-order chi connectivity index (χ0) is 10.2. The first-order chi connectivity index (χ1) is 7.18. The molecule has 0 N–H and O–H groups in total. The van der Waals surface area contributed by atoms with Crippen molar-refractivity contribution in [2.24, 2.45) is 0 Å². The molecule has 76 valence electrons. The van der Waals surface area contributed by atoms with Crippen molar-refractivity contribution >= 4 is 17.4 Å². The quantitative estimate of drug-likeness (QED) is 0.660. The minimum Gasteiger partial charge on any atom is -0.346 e. The van der Waals surface area contributed by atoms with Crippen LogP contribution in [0.25, 0.3) is 0 Å². The molecule has 1 aromatic carbocycles. The van der Waals surface area contributed by atoms with E-state index in [1.54, 1.807) is 11.1 Å². The number of benzene rings is 1. The molecule has 15 heavy (non-hydrogen) atoms. The topological polar surface area (TPSA) is 3.24 Å². The largest absolute Gasteiger partial charge is 0.346 e. The lowest BCUT2D eigenvalue weighted by Gasteiger charge is -2.36. The molecule has 0 spiro atoms. The monoisotopic (exact) mass is 215 g/mol. The Kier molecular flexibility index (Phi) is 1.25. The molecule has 0 amide bonds. The van der Waals surface area contributed by atoms with E-state index in [1.807, 2.05) is 11.8 Å². The Hall–Kier alpha value is -0.890. The van der Waals surface area contributed by atoms with Gasteiger partial charge in [-0.2, -0.15) is 0 Å². The van der Waals surface area contributed by atoms with Crippen LogP contribution in [0, 0.1) is 0 Å². The minimum atomic E-state index is 0.224. The van der Waals surface area contributed by atoms with Gasteiger partial charge in [-0.25, -0.2) is 0 Å². The summed E-state index contributed by atoms with van der Waals surface area (Å²) in [6, 6.07) is 9.49. The van der Waals surface area contributed by atoms with Crippen molar-refractivity contribution in [3.05, 3.63) is 35.4 Å². The Labute approximate surface area is 94.2 Å². The fourth-order valence-corrected chi connectivity index (χ4v) is 3.90. The molecule has 0 atom stereocenters. The van der Waals surface area contributed by atoms with Gasteiger partial charge in [-0.05, 0) is 43.5 Å². The Balaban J connectivity index is 1.80. The molecular weight excluding hydrogens is 202 g/mol. The van der Waals surface area contributed by atoms with Gasteiger partial charge in [0.2, 0.25) is 0 Å². The van der Waals surface area contributed by atoms with Crippen molar-refractivity contribution in [1.29, 1.82) is 0 Å². The van der Waals surface area contributed by atoms with Crippen LogP contribution in [0.15, 0.2) is 40.3 Å². The van der Waals surface area contributed by atoms with Gasteiger partial charge in [-0.3, -0.25) is 0 Å². The molecule has 0 unspecified atom stereocenters. The van der Waals surface area contributed by atoms with Gasteiger partial charge >= 0.3 is 0 Å². The van der Waals surface area contributed by atoms with Crippen LogP contribution in [0.5, 0.6) is 0 Å². The summed E-state index contributed by atoms with van der Waals surface area (Å²) in [5.74, 6) is 0. The van der Waals surface area contributed by atoms with Crippen LogP contribution in [-0.2, 0) is 0 Å². The molecule has 0 saturated carbocycles. The predicted octanol–water partition coefficient (Wildman–Crippen LogP) is 3.42. The number of rotatable bonds is 1. The van der Waals surface area contributed by atoms with Crippen LogP contribution in [0.2, 0.25) is 0 Å². The summed E-state index contributed by atoms with van der Waals surface area (Å²) < 4.78 is 0. The maximum atomic E-state index is 2.60. The first-order valence-electron chi connectivity index (χ1n) is 5.48. The molecular formula is C13H13NS. The Morgan fingerprint density at radius 1 is 1.27 bits per heavy atom. The highest BCUT2D eigenvalue weighted by Crippen LogP contribution is 2.64. The van der Waals surface area contributed by atoms with Crippen LogP contribution in [-0.4, -0.2) is 10.9 Å². The van der Waals surface area contributed by atoms with Crippen LogP contribution in [0.4, 0.5) is 5.69 Å². The lowest BCUT2D eigenvalue weighted by molar-refractivity contribution is 0.625. The fraction of sp³-hybridized carbons (Fsp3) is 0.385. The summed E-state index contributed by atoms with van der Waals surface area (Å²) in [6.07, 6.45) is 1.32. The highest BCUT2D eigenvalue weighted by Gasteiger charge is 2.57. The SMILES string of the molecule is CC1(C)Sc2ccccc2N1C1C2=C1C2. The van der Waals surface area contributed by atoms with Crippen molar-refractivity contribution in [2.75, 3.05) is 4.90 Å². The van der Waals surface area contributed by atoms with E-state index < -0.39 is 0 Å². The van der Waals surface area contributed by atoms with Gasteiger partial charge in [0.05, 0.1) is 16.6 Å². The molecule has 0 aromatic heterocycles. The summed E-state index contributed by atoms with van der Waals surface area (Å²) in [4.78, 5) is 4.26. The minimum absolute atomic E-state index is 0.224. The highest BCUT2D eigenvalue weighted by atomic mass is 32.2. The predicted molar refractivity (Wildman–Crippen MR) is 64.3 cm³/mol. The zero-order valence-corrected chi connectivity index (χ0v) is 9.77. The van der Waals surface area contributed by atoms with E-state index in [0.29, 0.717) is 6.04 Å². The first kappa shape index (κ1) is 8.28. The zero-order valence-electron chi connectivity index (χ0n) is 8.95. The average molecular weight is 215 g/mol. The van der Waals surface area contributed by atoms with E-state index in [1.165, 1.54) is 17.0 Å². The van der Waals surface area contributed by atoms with E-state index in [4.69, 9.17) is 0 Å². The summed E-state index contributed by atoms with van der Waals surface area (Å²) in [5, 5.41) is 0. The van der Waals surface area contributed by atoms with Crippen molar-refractivity contribution in [1.82, 2.24) is 0 Å². The summed E-state index contributed by atoms with van der Waals surface area (Å²) in [5.41, 5.74) is 4.85. The molecule has 1 aromatic rings. The lowest BCUT2D eigenvalue weighted by atomic mass is 10.1. The van der Waals surface area contributed by atoms with Gasteiger partial charge in [-0.1, -0.05) is 23.9 Å². The molecule has 1 heterocycles. The maximum Gasteiger partial charge on any atom is 0.0861 e. The van der Waals surface area contributed by atoms with Gasteiger partial charge < -0.3 is 4.90 Å². The van der Waals surface area contributed by atoms with Crippen LogP contribution >= 0.6 is 11.8 Å². The second-order valence-corrected chi connectivity index (χ2v) is 6.66. The molecule has 1 nitrogen and oxygen atoms in total. The van der Waals surface area contributed by atoms with Crippen molar-refractivity contribution in [3.63, 3.8) is 0 Å². The van der Waals surface area contributed by atoms with E-state index in [-0.39, 0.29) is 4.87 Å². The number of hydrogen-bond acceptors (Lipinski definition) is 2. The Morgan fingerprint density at radius 3 is 2.67 bits per heavy atom. The van der Waals surface area contributed by atoms with E-state index in [0.717, 1.165) is 0 Å². The number of thioether (sulfide) groups is 1. The first-order valence-corrected chi connectivity index (χ1v) is 6.29. The molecule has 0 saturated heterocycles. The number of anilines is 1. The van der Waals surface area contributed by atoms with E-state index in [2.05, 4.69) is 43.0 Å². The lowest BCUT2D eigenvalue weighted by Crippen LogP contribution is -2.43. The second kappa shape index (κ2) is 2.27. The molecule has 2 aliphatic carbocycles. The summed E-state index contributed by atoms with van der Waals surface area (Å²) in [6.45, 7) is 4.66. The molecule has 4 rings (SSSR count). The second-order valence-electron chi connectivity index (χ2n) is 5.02. The van der Waals surface area contributed by atoms with Gasteiger partial charge in [0.1, 0.15) is 0 Å². The van der Waals surface area contributed by atoms with E-state index >= 15 is 0 Å². The number of para-hydroxylation sites is 1. The van der Waals surface area contributed by atoms with Crippen molar-refractivity contribution in [2.45, 2.75) is 36.1 Å². The fourth-order valence-electron chi connectivity index (χ4n) is 2.64. The third-order valence-corrected chi connectivity index (χ3v) is 4.83. The van der Waals surface area contributed by atoms with Crippen LogP contribution in [0.1, 0.15) is 20.3 Å². The Morgan fingerprint density at radius 2 is 2.00 bits per heavy atom. The molecule has 0 radical (unpaired) electrons. The van der Waals surface area contributed by atoms with Crippen molar-refractivity contribution < 1.29 is 0 Å². The number of nitrogens with zero attached hydrogens (tertiary/aromatic N) is 1. The van der Waals surface area contributed by atoms with Crippen molar-refractivity contribution in [3.8, 4) is 0 Å². The highest BCUT2D eigenvalue weighted by molar-refractivity contribution is 8.01. The molecule has 1 aliphatic heterocycles. The Bertz CT molecular complexity index is 489. The summed E-state index contributed by atoms with van der Waals surface area (Å²) >= 11 is 1.99. The smallest absolute Gasteiger partial charge is 0.0861 e. The molecule has 0 fully saturated rings. The standard InChI is InChI=1S/C13H13NS/c1-13(2)14(12-8-7-9(8)12)10-5-3-4-6-11(10)15-13/h3-6,12H,7H2,1-2H3. The maximum absolute atomic E-state index is 2.60. The molecule has 0 bridgehead atoms. The average Bonchev–Trinajstić information content (AvgIpc) is 3.02. The molecule has 2 heteroatoms. The normalized spacial score (nSPS) is 25.3. The van der Waals surface area contributed by atoms with Crippen LogP contribution < -0.4 is 4.90 Å². The number of hydrogen-bond donors (Lipinski definition) is 0. The van der Waals surface area contributed by atoms with Gasteiger partial charge in [0.25, 0.3) is 0 Å².